The molecule has 0 saturated heterocycles. The van der Waals surface area contributed by atoms with Crippen LogP contribution in [0.4, 0.5) is 0 Å². The molecule has 4 nitrogen and oxygen atoms in total. The molecule has 1 aliphatic rings. The second-order valence-electron chi connectivity index (χ2n) is 7.09. The number of benzene rings is 1. The Kier molecular flexibility index (Phi) is 4.81. The van der Waals surface area contributed by atoms with Gasteiger partial charge >= 0.3 is 0 Å². The van der Waals surface area contributed by atoms with Gasteiger partial charge in [-0.3, -0.25) is 4.79 Å². The molecule has 4 heteroatoms. The summed E-state index contributed by atoms with van der Waals surface area (Å²) in [5, 5.41) is 3.15. The molecule has 0 spiro atoms. The van der Waals surface area contributed by atoms with Crippen molar-refractivity contribution in [1.82, 2.24) is 5.32 Å². The Morgan fingerprint density at radius 2 is 2.14 bits per heavy atom. The quantitative estimate of drug-likeness (QED) is 0.895. The van der Waals surface area contributed by atoms with Gasteiger partial charge in [-0.1, -0.05) is 26.8 Å². The van der Waals surface area contributed by atoms with Gasteiger partial charge in [-0.25, -0.2) is 0 Å². The average Bonchev–Trinajstić information content (AvgIpc) is 2.44. The molecule has 122 valence electrons. The fraction of sp³-hybridized carbons (Fsp3) is 0.611. The van der Waals surface area contributed by atoms with E-state index in [1.165, 1.54) is 0 Å². The first kappa shape index (κ1) is 16.8. The molecule has 22 heavy (non-hydrogen) atoms. The number of hydrogen-bond acceptors (Lipinski definition) is 3. The smallest absolute Gasteiger partial charge is 0.223 e. The number of nitrogens with two attached hydrogens (primary N) is 1. The molecule has 0 bridgehead atoms. The Morgan fingerprint density at radius 3 is 2.73 bits per heavy atom. The molecule has 1 aliphatic heterocycles. The number of nitrogens with one attached hydrogen (secondary N) is 1. The summed E-state index contributed by atoms with van der Waals surface area (Å²) in [6, 6.07) is 6.08. The van der Waals surface area contributed by atoms with Gasteiger partial charge in [-0.05, 0) is 38.0 Å². The first-order chi connectivity index (χ1) is 10.2. The lowest BCUT2D eigenvalue weighted by molar-refractivity contribution is -0.125. The van der Waals surface area contributed by atoms with Crippen molar-refractivity contribution >= 4 is 5.91 Å². The maximum atomic E-state index is 12.1. The predicted octanol–water partition coefficient (Wildman–Crippen LogP) is 3.47. The Bertz CT molecular complexity index is 552. The maximum absolute atomic E-state index is 12.1. The molecule has 1 aromatic rings. The molecular formula is C18H28N2O2. The molecule has 0 radical (unpaired) electrons. The summed E-state index contributed by atoms with van der Waals surface area (Å²) in [5.74, 6) is 0.881. The standard InChI is InChI=1S/C18H28N2O2/c1-6-14(19)12-7-8-16-13(9-12)15(10-18(4,5)22-16)20-17(21)11(2)3/h7-9,11,14-15H,6,10,19H2,1-5H3,(H,20,21). The first-order valence-corrected chi connectivity index (χ1v) is 8.12. The van der Waals surface area contributed by atoms with E-state index in [0.29, 0.717) is 0 Å². The van der Waals surface area contributed by atoms with E-state index >= 15 is 0 Å². The fourth-order valence-corrected chi connectivity index (χ4v) is 2.81. The van der Waals surface area contributed by atoms with Crippen LogP contribution in [0.5, 0.6) is 5.75 Å². The van der Waals surface area contributed by atoms with E-state index in [1.54, 1.807) is 0 Å². The van der Waals surface area contributed by atoms with Gasteiger partial charge < -0.3 is 15.8 Å². The SMILES string of the molecule is CCC(N)c1ccc2c(c1)C(NC(=O)C(C)C)CC(C)(C)O2. The third-order valence-corrected chi connectivity index (χ3v) is 4.20. The highest BCUT2D eigenvalue weighted by molar-refractivity contribution is 5.78. The molecule has 0 saturated carbocycles. The molecule has 1 aromatic carbocycles. The van der Waals surface area contributed by atoms with Gasteiger partial charge in [0.05, 0.1) is 6.04 Å². The second-order valence-corrected chi connectivity index (χ2v) is 7.09. The molecule has 2 unspecified atom stereocenters. The van der Waals surface area contributed by atoms with Gasteiger partial charge in [-0.2, -0.15) is 0 Å². The lowest BCUT2D eigenvalue weighted by Crippen LogP contribution is -2.42. The normalized spacial score (nSPS) is 21.0. The lowest BCUT2D eigenvalue weighted by atomic mass is 9.87. The van der Waals surface area contributed by atoms with E-state index in [9.17, 15) is 4.79 Å². The summed E-state index contributed by atoms with van der Waals surface area (Å²) >= 11 is 0. The van der Waals surface area contributed by atoms with Crippen molar-refractivity contribution < 1.29 is 9.53 Å². The summed E-state index contributed by atoms with van der Waals surface area (Å²) in [5.41, 5.74) is 7.98. The van der Waals surface area contributed by atoms with Crippen molar-refractivity contribution in [2.24, 2.45) is 11.7 Å². The topological polar surface area (TPSA) is 64.3 Å². The largest absolute Gasteiger partial charge is 0.487 e. The minimum atomic E-state index is -0.295. The second kappa shape index (κ2) is 6.29. The van der Waals surface area contributed by atoms with Gasteiger partial charge in [0.15, 0.2) is 0 Å². The van der Waals surface area contributed by atoms with Crippen molar-refractivity contribution in [2.75, 3.05) is 0 Å². The van der Waals surface area contributed by atoms with Gasteiger partial charge in [0.25, 0.3) is 0 Å². The van der Waals surface area contributed by atoms with Crippen LogP contribution < -0.4 is 15.8 Å². The highest BCUT2D eigenvalue weighted by atomic mass is 16.5. The van der Waals surface area contributed by atoms with Crippen molar-refractivity contribution in [3.8, 4) is 5.75 Å². The van der Waals surface area contributed by atoms with E-state index < -0.39 is 0 Å². The first-order valence-electron chi connectivity index (χ1n) is 8.12. The van der Waals surface area contributed by atoms with Crippen LogP contribution in [0.3, 0.4) is 0 Å². The molecule has 0 fully saturated rings. The molecule has 1 amide bonds. The van der Waals surface area contributed by atoms with E-state index in [2.05, 4.69) is 32.2 Å². The zero-order valence-corrected chi connectivity index (χ0v) is 14.3. The van der Waals surface area contributed by atoms with Gasteiger partial charge in [0.1, 0.15) is 11.4 Å². The number of carbonyl (C=O) groups excluding carboxylic acids is 1. The highest BCUT2D eigenvalue weighted by Crippen LogP contribution is 2.40. The Hall–Kier alpha value is -1.55. The van der Waals surface area contributed by atoms with Crippen LogP contribution >= 0.6 is 0 Å². The van der Waals surface area contributed by atoms with Gasteiger partial charge in [0, 0.05) is 23.9 Å². The average molecular weight is 304 g/mol. The van der Waals surface area contributed by atoms with Crippen LogP contribution in [0.2, 0.25) is 0 Å². The number of rotatable bonds is 4. The van der Waals surface area contributed by atoms with Crippen LogP contribution in [0.25, 0.3) is 0 Å². The van der Waals surface area contributed by atoms with Crippen LogP contribution in [0.15, 0.2) is 18.2 Å². The number of fused-ring (bicyclic) bond motifs is 1. The Labute approximate surface area is 133 Å². The van der Waals surface area contributed by atoms with Gasteiger partial charge in [0.2, 0.25) is 5.91 Å². The monoisotopic (exact) mass is 304 g/mol. The zero-order chi connectivity index (χ0) is 16.5. The minimum absolute atomic E-state index is 0.0155. The van der Waals surface area contributed by atoms with Crippen molar-refractivity contribution in [3.05, 3.63) is 29.3 Å². The Morgan fingerprint density at radius 1 is 1.45 bits per heavy atom. The van der Waals surface area contributed by atoms with E-state index in [1.807, 2.05) is 26.0 Å². The van der Waals surface area contributed by atoms with Crippen molar-refractivity contribution in [2.45, 2.75) is 65.1 Å². The predicted molar refractivity (Wildman–Crippen MR) is 88.7 cm³/mol. The summed E-state index contributed by atoms with van der Waals surface area (Å²) in [7, 11) is 0. The van der Waals surface area contributed by atoms with Crippen LogP contribution in [0.1, 0.15) is 70.7 Å². The van der Waals surface area contributed by atoms with Crippen LogP contribution in [0, 0.1) is 5.92 Å². The van der Waals surface area contributed by atoms with Crippen LogP contribution in [-0.2, 0) is 4.79 Å². The van der Waals surface area contributed by atoms with E-state index in [4.69, 9.17) is 10.5 Å². The minimum Gasteiger partial charge on any atom is -0.487 e. The van der Waals surface area contributed by atoms with E-state index in [-0.39, 0.29) is 29.5 Å². The number of carbonyl (C=O) groups is 1. The number of hydrogen-bond donors (Lipinski definition) is 2. The summed E-state index contributed by atoms with van der Waals surface area (Å²) in [6.07, 6.45) is 1.64. The highest BCUT2D eigenvalue weighted by Gasteiger charge is 2.35. The third kappa shape index (κ3) is 3.61. The molecule has 2 atom stereocenters. The molecular weight excluding hydrogens is 276 g/mol. The molecule has 0 aliphatic carbocycles. The van der Waals surface area contributed by atoms with Crippen molar-refractivity contribution in [1.29, 1.82) is 0 Å². The summed E-state index contributed by atoms with van der Waals surface area (Å²) < 4.78 is 6.07. The fourth-order valence-electron chi connectivity index (χ4n) is 2.81. The molecule has 0 aromatic heterocycles. The van der Waals surface area contributed by atoms with Gasteiger partial charge in [-0.15, -0.1) is 0 Å². The summed E-state index contributed by atoms with van der Waals surface area (Å²) in [6.45, 7) is 9.99. The number of amides is 1. The Balaban J connectivity index is 2.37. The maximum Gasteiger partial charge on any atom is 0.223 e. The molecule has 1 heterocycles. The third-order valence-electron chi connectivity index (χ3n) is 4.20. The number of ether oxygens (including phenoxy) is 1. The zero-order valence-electron chi connectivity index (χ0n) is 14.3. The van der Waals surface area contributed by atoms with Crippen molar-refractivity contribution in [3.63, 3.8) is 0 Å². The molecule has 3 N–H and O–H groups in total. The van der Waals surface area contributed by atoms with Crippen LogP contribution in [-0.4, -0.2) is 11.5 Å². The van der Waals surface area contributed by atoms with E-state index in [0.717, 1.165) is 29.7 Å². The lowest BCUT2D eigenvalue weighted by Gasteiger charge is -2.38. The summed E-state index contributed by atoms with van der Waals surface area (Å²) in [4.78, 5) is 12.1. The molecule has 2 rings (SSSR count).